The van der Waals surface area contributed by atoms with Crippen molar-refractivity contribution in [2.75, 3.05) is 6.61 Å². The molecule has 0 aliphatic heterocycles. The van der Waals surface area contributed by atoms with Gasteiger partial charge in [0.05, 0.1) is 12.9 Å². The number of aromatic amines is 1. The van der Waals surface area contributed by atoms with Crippen molar-refractivity contribution in [2.24, 2.45) is 0 Å². The first-order valence-corrected chi connectivity index (χ1v) is 9.36. The predicted molar refractivity (Wildman–Crippen MR) is 101 cm³/mol. The average Bonchev–Trinajstić information content (AvgIpc) is 3.45. The quantitative estimate of drug-likeness (QED) is 0.649. The number of aromatic nitrogens is 4. The van der Waals surface area contributed by atoms with Gasteiger partial charge in [-0.2, -0.15) is 0 Å². The van der Waals surface area contributed by atoms with Gasteiger partial charge in [0.1, 0.15) is 11.0 Å². The summed E-state index contributed by atoms with van der Waals surface area (Å²) in [4.78, 5) is 35.7. The van der Waals surface area contributed by atoms with Crippen LogP contribution < -0.4 is 5.56 Å². The van der Waals surface area contributed by atoms with E-state index in [1.807, 2.05) is 18.3 Å². The highest BCUT2D eigenvalue weighted by Gasteiger charge is 2.33. The van der Waals surface area contributed by atoms with Crippen LogP contribution in [0.3, 0.4) is 0 Å². The number of nitrogens with one attached hydrogen (secondary N) is 1. The summed E-state index contributed by atoms with van der Waals surface area (Å²) in [6.07, 6.45) is 8.13. The summed E-state index contributed by atoms with van der Waals surface area (Å²) in [5, 5.41) is 0. The van der Waals surface area contributed by atoms with Gasteiger partial charge in [0.15, 0.2) is 0 Å². The maximum atomic E-state index is 12.6. The molecule has 0 saturated heterocycles. The Morgan fingerprint density at radius 3 is 2.96 bits per heavy atom. The third-order valence-electron chi connectivity index (χ3n) is 4.86. The fourth-order valence-electron chi connectivity index (χ4n) is 3.63. The number of carbonyl (C=O) groups is 1. The maximum absolute atomic E-state index is 12.6. The van der Waals surface area contributed by atoms with E-state index in [1.54, 1.807) is 13.1 Å². The molecular weight excluding hydrogens is 344 g/mol. The number of hydrogen-bond donors (Lipinski definition) is 1. The number of fused-ring (bicyclic) bond motifs is 1. The van der Waals surface area contributed by atoms with Crippen molar-refractivity contribution in [1.29, 1.82) is 0 Å². The normalized spacial score (nSPS) is 13.8. The van der Waals surface area contributed by atoms with E-state index >= 15 is 0 Å². The van der Waals surface area contributed by atoms with E-state index in [0.29, 0.717) is 42.9 Å². The van der Waals surface area contributed by atoms with E-state index in [2.05, 4.69) is 19.5 Å². The van der Waals surface area contributed by atoms with Crippen LogP contribution in [0.5, 0.6) is 0 Å². The highest BCUT2D eigenvalue weighted by atomic mass is 16.5. The summed E-state index contributed by atoms with van der Waals surface area (Å²) in [7, 11) is 0. The minimum atomic E-state index is -0.207. The first-order valence-electron chi connectivity index (χ1n) is 9.36. The van der Waals surface area contributed by atoms with Crippen molar-refractivity contribution in [3.8, 4) is 11.1 Å². The Kier molecular flexibility index (Phi) is 4.75. The first-order chi connectivity index (χ1) is 13.2. The number of aryl methyl sites for hydroxylation is 1. The van der Waals surface area contributed by atoms with E-state index in [0.717, 1.165) is 29.7 Å². The molecule has 1 aliphatic rings. The number of rotatable bonds is 7. The van der Waals surface area contributed by atoms with Crippen LogP contribution >= 0.6 is 0 Å². The van der Waals surface area contributed by atoms with Crippen molar-refractivity contribution in [2.45, 2.75) is 45.1 Å². The minimum absolute atomic E-state index is 0.159. The van der Waals surface area contributed by atoms with Gasteiger partial charge >= 0.3 is 5.97 Å². The lowest BCUT2D eigenvalue weighted by molar-refractivity contribution is -0.143. The molecule has 140 valence electrons. The van der Waals surface area contributed by atoms with Crippen molar-refractivity contribution < 1.29 is 9.53 Å². The molecule has 0 bridgehead atoms. The highest BCUT2D eigenvalue weighted by molar-refractivity contribution is 5.95. The average molecular weight is 366 g/mol. The summed E-state index contributed by atoms with van der Waals surface area (Å²) in [6, 6.07) is 3.89. The number of esters is 1. The summed E-state index contributed by atoms with van der Waals surface area (Å²) in [5.74, 6) is 0.206. The van der Waals surface area contributed by atoms with E-state index < -0.39 is 0 Å². The van der Waals surface area contributed by atoms with Crippen LogP contribution in [0, 0.1) is 0 Å². The molecule has 7 heteroatoms. The Morgan fingerprint density at radius 2 is 2.26 bits per heavy atom. The SMILES string of the molecule is CCOC(=O)CCCn1c(C2CC2)c(-c2cccnc2)c2nc[nH]c(=O)c21. The third-order valence-corrected chi connectivity index (χ3v) is 4.86. The topological polar surface area (TPSA) is 89.9 Å². The highest BCUT2D eigenvalue weighted by Crippen LogP contribution is 2.47. The van der Waals surface area contributed by atoms with Gasteiger partial charge < -0.3 is 14.3 Å². The molecule has 7 nitrogen and oxygen atoms in total. The lowest BCUT2D eigenvalue weighted by atomic mass is 10.0. The van der Waals surface area contributed by atoms with Crippen molar-refractivity contribution in [3.63, 3.8) is 0 Å². The molecule has 3 heterocycles. The number of hydrogen-bond acceptors (Lipinski definition) is 5. The molecule has 3 aromatic rings. The monoisotopic (exact) mass is 366 g/mol. The zero-order chi connectivity index (χ0) is 18.8. The Morgan fingerprint density at radius 1 is 1.41 bits per heavy atom. The number of H-pyrrole nitrogens is 1. The standard InChI is InChI=1S/C20H22N4O3/c1-2-27-15(25)6-4-10-24-18(13-7-8-13)16(14-5-3-9-21-11-14)17-19(24)20(26)23-12-22-17/h3,5,9,11-13H,2,4,6-8,10H2,1H3,(H,22,23,26). The second-order valence-corrected chi connectivity index (χ2v) is 6.77. The summed E-state index contributed by atoms with van der Waals surface area (Å²) in [5.41, 5.74) is 4.20. The van der Waals surface area contributed by atoms with Gasteiger partial charge in [0.2, 0.25) is 0 Å². The molecular formula is C20H22N4O3. The molecule has 0 unspecified atom stereocenters. The first kappa shape index (κ1) is 17.5. The molecule has 3 aromatic heterocycles. The zero-order valence-corrected chi connectivity index (χ0v) is 15.3. The molecule has 0 atom stereocenters. The van der Waals surface area contributed by atoms with Crippen LogP contribution in [0.15, 0.2) is 35.6 Å². The molecule has 0 aromatic carbocycles. The maximum Gasteiger partial charge on any atom is 0.305 e. The van der Waals surface area contributed by atoms with Crippen LogP contribution in [0.25, 0.3) is 22.2 Å². The van der Waals surface area contributed by atoms with Gasteiger partial charge in [0.25, 0.3) is 5.56 Å². The largest absolute Gasteiger partial charge is 0.466 e. The molecule has 0 radical (unpaired) electrons. The van der Waals surface area contributed by atoms with Crippen molar-refractivity contribution >= 4 is 17.0 Å². The van der Waals surface area contributed by atoms with E-state index in [9.17, 15) is 9.59 Å². The molecule has 1 fully saturated rings. The fraction of sp³-hybridized carbons (Fsp3) is 0.400. The third kappa shape index (κ3) is 3.37. The van der Waals surface area contributed by atoms with Crippen LogP contribution in [0.1, 0.15) is 44.2 Å². The zero-order valence-electron chi connectivity index (χ0n) is 15.3. The molecule has 4 rings (SSSR count). The lowest BCUT2D eigenvalue weighted by Gasteiger charge is -2.11. The summed E-state index contributed by atoms with van der Waals surface area (Å²) < 4.78 is 7.07. The number of nitrogens with zero attached hydrogens (tertiary/aromatic N) is 3. The van der Waals surface area contributed by atoms with Gasteiger partial charge in [-0.15, -0.1) is 0 Å². The Bertz CT molecular complexity index is 1020. The second-order valence-electron chi connectivity index (χ2n) is 6.77. The van der Waals surface area contributed by atoms with Crippen LogP contribution in [-0.4, -0.2) is 32.1 Å². The van der Waals surface area contributed by atoms with Gasteiger partial charge in [-0.1, -0.05) is 6.07 Å². The van der Waals surface area contributed by atoms with Gasteiger partial charge in [0, 0.05) is 42.2 Å². The van der Waals surface area contributed by atoms with Gasteiger partial charge in [-0.25, -0.2) is 4.98 Å². The van der Waals surface area contributed by atoms with Crippen LogP contribution in [-0.2, 0) is 16.1 Å². The Hall–Kier alpha value is -2.96. The Balaban J connectivity index is 1.81. The smallest absolute Gasteiger partial charge is 0.305 e. The van der Waals surface area contributed by atoms with Crippen molar-refractivity contribution in [1.82, 2.24) is 19.5 Å². The Labute approximate surface area is 156 Å². The molecule has 0 spiro atoms. The predicted octanol–water partition coefficient (Wildman–Crippen LogP) is 3.01. The molecule has 1 N–H and O–H groups in total. The molecule has 1 aliphatic carbocycles. The molecule has 0 amide bonds. The second kappa shape index (κ2) is 7.34. The van der Waals surface area contributed by atoms with E-state index in [1.165, 1.54) is 6.33 Å². The van der Waals surface area contributed by atoms with Crippen LogP contribution in [0.2, 0.25) is 0 Å². The van der Waals surface area contributed by atoms with Gasteiger partial charge in [-0.05, 0) is 38.2 Å². The van der Waals surface area contributed by atoms with Gasteiger partial charge in [-0.3, -0.25) is 14.6 Å². The number of pyridine rings is 1. The van der Waals surface area contributed by atoms with E-state index in [-0.39, 0.29) is 11.5 Å². The van der Waals surface area contributed by atoms with Crippen LogP contribution in [0.4, 0.5) is 0 Å². The minimum Gasteiger partial charge on any atom is -0.466 e. The number of carbonyl (C=O) groups excluding carboxylic acids is 1. The van der Waals surface area contributed by atoms with Crippen molar-refractivity contribution in [3.05, 3.63) is 46.9 Å². The molecule has 27 heavy (non-hydrogen) atoms. The fourth-order valence-corrected chi connectivity index (χ4v) is 3.63. The van der Waals surface area contributed by atoms with E-state index in [4.69, 9.17) is 4.74 Å². The summed E-state index contributed by atoms with van der Waals surface area (Å²) in [6.45, 7) is 2.76. The number of ether oxygens (including phenoxy) is 1. The molecule has 1 saturated carbocycles. The lowest BCUT2D eigenvalue weighted by Crippen LogP contribution is -2.14. The summed E-state index contributed by atoms with van der Waals surface area (Å²) >= 11 is 0.